The monoisotopic (exact) mass is 327 g/mol. The van der Waals surface area contributed by atoms with E-state index < -0.39 is 6.04 Å². The third-order valence-electron chi connectivity index (χ3n) is 3.71. The zero-order valence-corrected chi connectivity index (χ0v) is 13.8. The maximum atomic E-state index is 12.6. The predicted molar refractivity (Wildman–Crippen MR) is 93.0 cm³/mol. The van der Waals surface area contributed by atoms with Crippen LogP contribution in [0.5, 0.6) is 0 Å². The van der Waals surface area contributed by atoms with Crippen LogP contribution in [0.2, 0.25) is 0 Å². The van der Waals surface area contributed by atoms with Gasteiger partial charge in [-0.2, -0.15) is 0 Å². The SMILES string of the molecule is CCc1cc2c(=O)n(C(C)C(=O)Nc3ccccc3)cnc2s1. The standard InChI is InChI=1S/C17H17N3O2S/c1-3-13-9-14-16(23-13)18-10-20(17(14)22)11(2)15(21)19-12-7-5-4-6-8-12/h4-11H,3H2,1-2H3,(H,19,21). The fourth-order valence-corrected chi connectivity index (χ4v) is 3.26. The van der Waals surface area contributed by atoms with Gasteiger partial charge in [0.15, 0.2) is 0 Å². The number of aromatic nitrogens is 2. The molecule has 23 heavy (non-hydrogen) atoms. The van der Waals surface area contributed by atoms with Gasteiger partial charge in [0.1, 0.15) is 10.9 Å². The van der Waals surface area contributed by atoms with Gasteiger partial charge in [0.05, 0.1) is 11.7 Å². The molecular weight excluding hydrogens is 310 g/mol. The van der Waals surface area contributed by atoms with Crippen LogP contribution in [0.4, 0.5) is 5.69 Å². The molecule has 6 heteroatoms. The van der Waals surface area contributed by atoms with Gasteiger partial charge in [-0.3, -0.25) is 14.2 Å². The molecular formula is C17H17N3O2S. The van der Waals surface area contributed by atoms with E-state index in [1.807, 2.05) is 31.2 Å². The zero-order valence-electron chi connectivity index (χ0n) is 12.9. The fourth-order valence-electron chi connectivity index (χ4n) is 2.33. The molecule has 0 spiro atoms. The van der Waals surface area contributed by atoms with Crippen molar-refractivity contribution in [2.75, 3.05) is 5.32 Å². The Morgan fingerprint density at radius 1 is 1.35 bits per heavy atom. The number of para-hydroxylation sites is 1. The highest BCUT2D eigenvalue weighted by Crippen LogP contribution is 2.21. The van der Waals surface area contributed by atoms with Gasteiger partial charge in [0, 0.05) is 10.6 Å². The molecule has 0 aliphatic rings. The number of nitrogens with one attached hydrogen (secondary N) is 1. The molecule has 1 N–H and O–H groups in total. The smallest absolute Gasteiger partial charge is 0.262 e. The molecule has 1 unspecified atom stereocenters. The highest BCUT2D eigenvalue weighted by molar-refractivity contribution is 7.18. The third kappa shape index (κ3) is 3.03. The normalized spacial score (nSPS) is 12.3. The molecule has 118 valence electrons. The summed E-state index contributed by atoms with van der Waals surface area (Å²) in [7, 11) is 0. The third-order valence-corrected chi connectivity index (χ3v) is 4.90. The largest absolute Gasteiger partial charge is 0.324 e. The van der Waals surface area contributed by atoms with Crippen LogP contribution >= 0.6 is 11.3 Å². The maximum absolute atomic E-state index is 12.6. The highest BCUT2D eigenvalue weighted by Gasteiger charge is 2.18. The summed E-state index contributed by atoms with van der Waals surface area (Å²) in [5.74, 6) is -0.245. The van der Waals surface area contributed by atoms with Crippen molar-refractivity contribution >= 4 is 33.1 Å². The van der Waals surface area contributed by atoms with E-state index in [1.54, 1.807) is 19.1 Å². The molecule has 0 saturated heterocycles. The van der Waals surface area contributed by atoms with Crippen LogP contribution in [-0.2, 0) is 11.2 Å². The van der Waals surface area contributed by atoms with Gasteiger partial charge in [-0.15, -0.1) is 11.3 Å². The van der Waals surface area contributed by atoms with Crippen molar-refractivity contribution < 1.29 is 4.79 Å². The zero-order chi connectivity index (χ0) is 16.4. The van der Waals surface area contributed by atoms with Crippen molar-refractivity contribution in [3.63, 3.8) is 0 Å². The van der Waals surface area contributed by atoms with Crippen molar-refractivity contribution in [2.24, 2.45) is 0 Å². The Balaban J connectivity index is 1.91. The molecule has 0 radical (unpaired) electrons. The van der Waals surface area contributed by atoms with E-state index in [0.29, 0.717) is 11.1 Å². The summed E-state index contributed by atoms with van der Waals surface area (Å²) in [5, 5.41) is 3.39. The van der Waals surface area contributed by atoms with Gasteiger partial charge >= 0.3 is 0 Å². The first-order valence-corrected chi connectivity index (χ1v) is 8.27. The van der Waals surface area contributed by atoms with Crippen molar-refractivity contribution in [3.05, 3.63) is 58.0 Å². The van der Waals surface area contributed by atoms with Gasteiger partial charge in [0.25, 0.3) is 5.56 Å². The molecule has 0 bridgehead atoms. The number of rotatable bonds is 4. The van der Waals surface area contributed by atoms with Crippen molar-refractivity contribution in [1.82, 2.24) is 9.55 Å². The number of carbonyl (C=O) groups is 1. The summed E-state index contributed by atoms with van der Waals surface area (Å²) < 4.78 is 1.38. The van der Waals surface area contributed by atoms with Gasteiger partial charge in [0.2, 0.25) is 5.91 Å². The lowest BCUT2D eigenvalue weighted by Gasteiger charge is -2.14. The molecule has 2 aromatic heterocycles. The Hall–Kier alpha value is -2.47. The number of thiophene rings is 1. The van der Waals surface area contributed by atoms with Crippen LogP contribution in [0, 0.1) is 0 Å². The lowest BCUT2D eigenvalue weighted by atomic mass is 10.2. The van der Waals surface area contributed by atoms with E-state index >= 15 is 0 Å². The van der Waals surface area contributed by atoms with E-state index in [2.05, 4.69) is 10.3 Å². The summed E-state index contributed by atoms with van der Waals surface area (Å²) >= 11 is 1.52. The van der Waals surface area contributed by atoms with E-state index in [0.717, 1.165) is 16.1 Å². The molecule has 0 saturated carbocycles. The molecule has 0 aliphatic heterocycles. The average molecular weight is 327 g/mol. The second kappa shape index (κ2) is 6.34. The molecule has 3 aromatic rings. The van der Waals surface area contributed by atoms with Crippen molar-refractivity contribution in [2.45, 2.75) is 26.3 Å². The number of anilines is 1. The number of benzene rings is 1. The topological polar surface area (TPSA) is 64.0 Å². The Bertz CT molecular complexity index is 899. The summed E-state index contributed by atoms with van der Waals surface area (Å²) in [6.07, 6.45) is 2.32. The Kier molecular flexibility index (Phi) is 4.25. The van der Waals surface area contributed by atoms with Gasteiger partial charge in [-0.1, -0.05) is 25.1 Å². The van der Waals surface area contributed by atoms with E-state index in [-0.39, 0.29) is 11.5 Å². The number of amides is 1. The molecule has 1 aromatic carbocycles. The molecule has 0 fully saturated rings. The Morgan fingerprint density at radius 2 is 2.09 bits per heavy atom. The first-order valence-electron chi connectivity index (χ1n) is 7.45. The molecule has 1 amide bonds. The van der Waals surface area contributed by atoms with Gasteiger partial charge < -0.3 is 5.32 Å². The number of nitrogens with zero attached hydrogens (tertiary/aromatic N) is 2. The maximum Gasteiger partial charge on any atom is 0.262 e. The first kappa shape index (κ1) is 15.4. The fraction of sp³-hybridized carbons (Fsp3) is 0.235. The summed E-state index contributed by atoms with van der Waals surface area (Å²) in [4.78, 5) is 31.1. The number of fused-ring (bicyclic) bond motifs is 1. The van der Waals surface area contributed by atoms with Crippen molar-refractivity contribution in [3.8, 4) is 0 Å². The van der Waals surface area contributed by atoms with E-state index in [9.17, 15) is 9.59 Å². The van der Waals surface area contributed by atoms with Crippen LogP contribution in [0.3, 0.4) is 0 Å². The molecule has 5 nitrogen and oxygen atoms in total. The summed E-state index contributed by atoms with van der Waals surface area (Å²) in [6.45, 7) is 3.74. The average Bonchev–Trinajstić information content (AvgIpc) is 3.00. The molecule has 1 atom stereocenters. The van der Waals surface area contributed by atoms with Crippen LogP contribution in [0.15, 0.2) is 47.5 Å². The number of aryl methyl sites for hydroxylation is 1. The van der Waals surface area contributed by atoms with Gasteiger partial charge in [-0.05, 0) is 31.5 Å². The molecule has 0 aliphatic carbocycles. The quantitative estimate of drug-likeness (QED) is 0.800. The van der Waals surface area contributed by atoms with Crippen LogP contribution in [0.25, 0.3) is 10.2 Å². The second-order valence-corrected chi connectivity index (χ2v) is 6.39. The summed E-state index contributed by atoms with van der Waals surface area (Å²) in [5.41, 5.74) is 0.525. The lowest BCUT2D eigenvalue weighted by Crippen LogP contribution is -2.31. The van der Waals surface area contributed by atoms with Crippen molar-refractivity contribution in [1.29, 1.82) is 0 Å². The highest BCUT2D eigenvalue weighted by atomic mass is 32.1. The van der Waals surface area contributed by atoms with E-state index in [1.165, 1.54) is 22.2 Å². The summed E-state index contributed by atoms with van der Waals surface area (Å²) in [6, 6.07) is 10.4. The van der Waals surface area contributed by atoms with E-state index in [4.69, 9.17) is 0 Å². The number of carbonyl (C=O) groups excluding carboxylic acids is 1. The lowest BCUT2D eigenvalue weighted by molar-refractivity contribution is -0.118. The number of hydrogen-bond donors (Lipinski definition) is 1. The minimum atomic E-state index is -0.635. The minimum absolute atomic E-state index is 0.179. The minimum Gasteiger partial charge on any atom is -0.324 e. The Labute approximate surface area is 137 Å². The first-order chi connectivity index (χ1) is 11.1. The predicted octanol–water partition coefficient (Wildman–Crippen LogP) is 3.22. The molecule has 2 heterocycles. The van der Waals surface area contributed by atoms with Crippen LogP contribution < -0.4 is 10.9 Å². The van der Waals surface area contributed by atoms with Crippen LogP contribution in [-0.4, -0.2) is 15.5 Å². The van der Waals surface area contributed by atoms with Crippen LogP contribution in [0.1, 0.15) is 24.8 Å². The number of hydrogen-bond acceptors (Lipinski definition) is 4. The van der Waals surface area contributed by atoms with Gasteiger partial charge in [-0.25, -0.2) is 4.98 Å². The molecule has 3 rings (SSSR count). The Morgan fingerprint density at radius 3 is 2.78 bits per heavy atom. The second-order valence-electron chi connectivity index (χ2n) is 5.27.